The number of thioether (sulfide) groups is 1. The van der Waals surface area contributed by atoms with Gasteiger partial charge < -0.3 is 10.1 Å². The van der Waals surface area contributed by atoms with Crippen molar-refractivity contribution in [1.82, 2.24) is 25.5 Å². The molecule has 0 saturated carbocycles. The summed E-state index contributed by atoms with van der Waals surface area (Å²) in [5.41, 5.74) is 0. The molecule has 1 rings (SSSR count). The number of hydrogen-bond acceptors (Lipinski definition) is 6. The Bertz CT molecular complexity index is 307. The van der Waals surface area contributed by atoms with Gasteiger partial charge in [-0.2, -0.15) is 0 Å². The third kappa shape index (κ3) is 5.47. The Morgan fingerprint density at radius 1 is 1.47 bits per heavy atom. The monoisotopic (exact) mass is 259 g/mol. The first-order chi connectivity index (χ1) is 8.27. The number of nitrogens with one attached hydrogen (secondary N) is 1. The van der Waals surface area contributed by atoms with E-state index in [2.05, 4.69) is 34.7 Å². The topological polar surface area (TPSA) is 64.9 Å². The molecule has 17 heavy (non-hydrogen) atoms. The molecule has 0 bridgehead atoms. The van der Waals surface area contributed by atoms with E-state index in [1.165, 1.54) is 0 Å². The van der Waals surface area contributed by atoms with Crippen molar-refractivity contribution < 1.29 is 4.74 Å². The molecule has 1 unspecified atom stereocenters. The van der Waals surface area contributed by atoms with E-state index in [-0.39, 0.29) is 0 Å². The first kappa shape index (κ1) is 14.4. The van der Waals surface area contributed by atoms with Crippen LogP contribution in [0.5, 0.6) is 0 Å². The Morgan fingerprint density at radius 2 is 2.29 bits per heavy atom. The van der Waals surface area contributed by atoms with Crippen molar-refractivity contribution in [2.24, 2.45) is 0 Å². The first-order valence-corrected chi connectivity index (χ1v) is 6.78. The summed E-state index contributed by atoms with van der Waals surface area (Å²) in [6.45, 7) is 7.56. The Kier molecular flexibility index (Phi) is 7.14. The van der Waals surface area contributed by atoms with Gasteiger partial charge in [0.2, 0.25) is 5.16 Å². The fourth-order valence-corrected chi connectivity index (χ4v) is 2.03. The van der Waals surface area contributed by atoms with Crippen molar-refractivity contribution in [2.75, 3.05) is 26.8 Å². The molecule has 1 N–H and O–H groups in total. The van der Waals surface area contributed by atoms with Gasteiger partial charge in [-0.25, -0.2) is 4.68 Å². The fraction of sp³-hybridized carbons (Fsp3) is 0.900. The van der Waals surface area contributed by atoms with Gasteiger partial charge in [-0.3, -0.25) is 0 Å². The molecule has 0 aliphatic heterocycles. The minimum atomic E-state index is 0.543. The molecule has 98 valence electrons. The lowest BCUT2D eigenvalue weighted by Gasteiger charge is -2.08. The molecular formula is C10H21N5OS. The maximum atomic E-state index is 4.96. The Hall–Kier alpha value is -0.660. The minimum Gasteiger partial charge on any atom is -0.383 e. The molecule has 6 nitrogen and oxygen atoms in total. The molecule has 0 fully saturated rings. The quantitative estimate of drug-likeness (QED) is 0.523. The van der Waals surface area contributed by atoms with Gasteiger partial charge in [-0.1, -0.05) is 25.6 Å². The highest BCUT2D eigenvalue weighted by Crippen LogP contribution is 2.21. The summed E-state index contributed by atoms with van der Waals surface area (Å²) in [5.74, 6) is 0. The molecule has 0 aliphatic carbocycles. The van der Waals surface area contributed by atoms with Gasteiger partial charge >= 0.3 is 0 Å². The standard InChI is InChI=1S/C10H21N5OS/c1-4-9(2)17-10-12-13-14-15(10)7-5-11-6-8-16-3/h9,11H,4-8H2,1-3H3. The zero-order valence-electron chi connectivity index (χ0n) is 10.7. The van der Waals surface area contributed by atoms with Gasteiger partial charge in [0.25, 0.3) is 0 Å². The van der Waals surface area contributed by atoms with Gasteiger partial charge in [0.05, 0.1) is 13.2 Å². The van der Waals surface area contributed by atoms with Gasteiger partial charge in [0.15, 0.2) is 0 Å². The predicted octanol–water partition coefficient (Wildman–Crippen LogP) is 0.800. The number of nitrogens with zero attached hydrogens (tertiary/aromatic N) is 4. The number of rotatable bonds is 9. The fourth-order valence-electron chi connectivity index (χ4n) is 1.17. The molecular weight excluding hydrogens is 238 g/mol. The first-order valence-electron chi connectivity index (χ1n) is 5.90. The zero-order chi connectivity index (χ0) is 12.5. The summed E-state index contributed by atoms with van der Waals surface area (Å²) in [6, 6.07) is 0. The average Bonchev–Trinajstić information content (AvgIpc) is 2.76. The maximum Gasteiger partial charge on any atom is 0.209 e. The third-order valence-electron chi connectivity index (χ3n) is 2.36. The lowest BCUT2D eigenvalue weighted by Crippen LogP contribution is -2.24. The van der Waals surface area contributed by atoms with Crippen LogP contribution in [0.15, 0.2) is 5.16 Å². The van der Waals surface area contributed by atoms with Gasteiger partial charge in [-0.05, 0) is 16.8 Å². The molecule has 1 atom stereocenters. The van der Waals surface area contributed by atoms with E-state index in [4.69, 9.17) is 4.74 Å². The predicted molar refractivity (Wildman–Crippen MR) is 68.2 cm³/mol. The molecule has 0 amide bonds. The molecule has 1 aromatic rings. The number of methoxy groups -OCH3 is 1. The van der Waals surface area contributed by atoms with Crippen LogP contribution in [0.3, 0.4) is 0 Å². The molecule has 1 aromatic heterocycles. The summed E-state index contributed by atoms with van der Waals surface area (Å²) < 4.78 is 6.80. The normalized spacial score (nSPS) is 12.9. The van der Waals surface area contributed by atoms with Crippen LogP contribution in [0.1, 0.15) is 20.3 Å². The van der Waals surface area contributed by atoms with Gasteiger partial charge in [0, 0.05) is 25.4 Å². The second-order valence-electron chi connectivity index (χ2n) is 3.76. The molecule has 1 heterocycles. The van der Waals surface area contributed by atoms with E-state index in [9.17, 15) is 0 Å². The second-order valence-corrected chi connectivity index (χ2v) is 5.17. The lowest BCUT2D eigenvalue weighted by molar-refractivity contribution is 0.199. The van der Waals surface area contributed by atoms with E-state index in [0.717, 1.165) is 37.8 Å². The molecule has 0 aliphatic rings. The van der Waals surface area contributed by atoms with Crippen molar-refractivity contribution in [2.45, 2.75) is 37.2 Å². The summed E-state index contributed by atoms with van der Waals surface area (Å²) in [7, 11) is 1.70. The Balaban J connectivity index is 2.30. The SMILES string of the molecule is CCC(C)Sc1nnnn1CCNCCOC. The van der Waals surface area contributed by atoms with E-state index >= 15 is 0 Å². The largest absolute Gasteiger partial charge is 0.383 e. The summed E-state index contributed by atoms with van der Waals surface area (Å²) in [4.78, 5) is 0. The summed E-state index contributed by atoms with van der Waals surface area (Å²) in [5, 5.41) is 16.4. The Morgan fingerprint density at radius 3 is 3.00 bits per heavy atom. The molecule has 7 heteroatoms. The minimum absolute atomic E-state index is 0.543. The van der Waals surface area contributed by atoms with Crippen LogP contribution in [-0.2, 0) is 11.3 Å². The van der Waals surface area contributed by atoms with Crippen molar-refractivity contribution in [3.63, 3.8) is 0 Å². The Labute approximate surface area is 106 Å². The summed E-state index contributed by atoms with van der Waals surface area (Å²) in [6.07, 6.45) is 1.11. The zero-order valence-corrected chi connectivity index (χ0v) is 11.5. The van der Waals surface area contributed by atoms with Crippen LogP contribution in [0.25, 0.3) is 0 Å². The summed E-state index contributed by atoms with van der Waals surface area (Å²) >= 11 is 1.72. The average molecular weight is 259 g/mol. The number of aromatic nitrogens is 4. The number of ether oxygens (including phenoxy) is 1. The van der Waals surface area contributed by atoms with Crippen molar-refractivity contribution in [3.8, 4) is 0 Å². The number of tetrazole rings is 1. The highest BCUT2D eigenvalue weighted by Gasteiger charge is 2.09. The van der Waals surface area contributed by atoms with Crippen molar-refractivity contribution in [3.05, 3.63) is 0 Å². The van der Waals surface area contributed by atoms with Gasteiger partial charge in [-0.15, -0.1) is 5.10 Å². The smallest absolute Gasteiger partial charge is 0.209 e. The van der Waals surface area contributed by atoms with Crippen molar-refractivity contribution >= 4 is 11.8 Å². The second kappa shape index (κ2) is 8.43. The van der Waals surface area contributed by atoms with Crippen LogP contribution in [-0.4, -0.2) is 52.3 Å². The van der Waals surface area contributed by atoms with Crippen LogP contribution in [0.2, 0.25) is 0 Å². The molecule has 0 saturated heterocycles. The molecule has 0 aromatic carbocycles. The third-order valence-corrected chi connectivity index (χ3v) is 3.60. The molecule has 0 spiro atoms. The van der Waals surface area contributed by atoms with E-state index < -0.39 is 0 Å². The maximum absolute atomic E-state index is 4.96. The van der Waals surface area contributed by atoms with E-state index in [0.29, 0.717) is 5.25 Å². The highest BCUT2D eigenvalue weighted by molar-refractivity contribution is 7.99. The van der Waals surface area contributed by atoms with E-state index in [1.54, 1.807) is 18.9 Å². The van der Waals surface area contributed by atoms with Crippen LogP contribution >= 0.6 is 11.8 Å². The van der Waals surface area contributed by atoms with Crippen LogP contribution < -0.4 is 5.32 Å². The molecule has 0 radical (unpaired) electrons. The number of hydrogen-bond donors (Lipinski definition) is 1. The van der Waals surface area contributed by atoms with Gasteiger partial charge in [0.1, 0.15) is 0 Å². The van der Waals surface area contributed by atoms with Crippen molar-refractivity contribution in [1.29, 1.82) is 0 Å². The lowest BCUT2D eigenvalue weighted by atomic mass is 10.4. The van der Waals surface area contributed by atoms with E-state index in [1.807, 2.05) is 4.68 Å². The van der Waals surface area contributed by atoms with Crippen LogP contribution in [0, 0.1) is 0 Å². The van der Waals surface area contributed by atoms with Crippen LogP contribution in [0.4, 0.5) is 0 Å². The highest BCUT2D eigenvalue weighted by atomic mass is 32.2.